The fraction of sp³-hybridized carbons (Fsp3) is 0.276. The van der Waals surface area contributed by atoms with Crippen LogP contribution in [0.5, 0.6) is 11.5 Å². The standard InChI is InChI=1S/C29H29FO4/c1-18(2)14-22(16-29(31)32)19-4-8-23(9-5-19)34-28-13-7-20-15-21(6-11-25(20)28)26-17-24(33-3)10-12-27(26)30/h4-6,8-12,14-15,17,22,28H,7,13,16H2,1-3H3,(H,31,32)/t22-,28?/m1/s1. The largest absolute Gasteiger partial charge is 0.497 e. The zero-order valence-corrected chi connectivity index (χ0v) is 19.7. The molecule has 0 aromatic heterocycles. The van der Waals surface area contributed by atoms with Crippen molar-refractivity contribution in [3.8, 4) is 22.6 Å². The molecule has 176 valence electrons. The molecule has 0 bridgehead atoms. The number of carboxylic acid groups (broad SMARTS) is 1. The highest BCUT2D eigenvalue weighted by atomic mass is 19.1. The van der Waals surface area contributed by atoms with Crippen molar-refractivity contribution in [1.82, 2.24) is 0 Å². The number of halogens is 1. The molecule has 1 unspecified atom stereocenters. The lowest BCUT2D eigenvalue weighted by molar-refractivity contribution is -0.137. The summed E-state index contributed by atoms with van der Waals surface area (Å²) in [5.41, 5.74) is 5.66. The third kappa shape index (κ3) is 5.30. The van der Waals surface area contributed by atoms with Gasteiger partial charge in [-0.1, -0.05) is 42.0 Å². The van der Waals surface area contributed by atoms with E-state index in [4.69, 9.17) is 9.47 Å². The van der Waals surface area contributed by atoms with Crippen LogP contribution in [0, 0.1) is 5.82 Å². The fourth-order valence-corrected chi connectivity index (χ4v) is 4.54. The number of rotatable bonds is 8. The third-order valence-electron chi connectivity index (χ3n) is 6.17. The molecule has 0 spiro atoms. The van der Waals surface area contributed by atoms with Gasteiger partial charge < -0.3 is 14.6 Å². The lowest BCUT2D eigenvalue weighted by Crippen LogP contribution is -2.06. The molecule has 0 aliphatic heterocycles. The Labute approximate surface area is 199 Å². The van der Waals surface area contributed by atoms with Crippen LogP contribution in [0.15, 0.2) is 72.3 Å². The topological polar surface area (TPSA) is 55.8 Å². The number of benzene rings is 3. The average Bonchev–Trinajstić information content (AvgIpc) is 3.21. The van der Waals surface area contributed by atoms with Crippen molar-refractivity contribution in [1.29, 1.82) is 0 Å². The highest BCUT2D eigenvalue weighted by molar-refractivity contribution is 5.69. The number of hydrogen-bond acceptors (Lipinski definition) is 3. The summed E-state index contributed by atoms with van der Waals surface area (Å²) in [6, 6.07) is 18.4. The van der Waals surface area contributed by atoms with Crippen LogP contribution < -0.4 is 9.47 Å². The Morgan fingerprint density at radius 3 is 2.50 bits per heavy atom. The second kappa shape index (κ2) is 10.1. The summed E-state index contributed by atoms with van der Waals surface area (Å²) in [5.74, 6) is 0.103. The second-order valence-electron chi connectivity index (χ2n) is 8.92. The monoisotopic (exact) mass is 460 g/mol. The van der Waals surface area contributed by atoms with Crippen molar-refractivity contribution in [2.45, 2.75) is 45.1 Å². The molecule has 4 rings (SSSR count). The van der Waals surface area contributed by atoms with Crippen LogP contribution in [0.2, 0.25) is 0 Å². The van der Waals surface area contributed by atoms with Crippen LogP contribution in [0.25, 0.3) is 11.1 Å². The van der Waals surface area contributed by atoms with Crippen molar-refractivity contribution >= 4 is 5.97 Å². The molecule has 0 saturated carbocycles. The molecule has 2 atom stereocenters. The summed E-state index contributed by atoms with van der Waals surface area (Å²) in [6.07, 6.45) is 3.68. The summed E-state index contributed by atoms with van der Waals surface area (Å²) < 4.78 is 25.9. The molecule has 0 heterocycles. The van der Waals surface area contributed by atoms with Crippen LogP contribution in [0.4, 0.5) is 4.39 Å². The predicted octanol–water partition coefficient (Wildman–Crippen LogP) is 7.09. The normalized spacial score (nSPS) is 15.4. The number of ether oxygens (including phenoxy) is 2. The summed E-state index contributed by atoms with van der Waals surface area (Å²) in [7, 11) is 1.57. The molecule has 3 aromatic carbocycles. The van der Waals surface area contributed by atoms with Crippen molar-refractivity contribution in [2.24, 2.45) is 0 Å². The van der Waals surface area contributed by atoms with E-state index in [1.807, 2.05) is 62.4 Å². The molecule has 0 saturated heterocycles. The van der Waals surface area contributed by atoms with E-state index in [-0.39, 0.29) is 24.3 Å². The van der Waals surface area contributed by atoms with E-state index in [2.05, 4.69) is 0 Å². The van der Waals surface area contributed by atoms with Crippen LogP contribution in [-0.2, 0) is 11.2 Å². The Morgan fingerprint density at radius 2 is 1.82 bits per heavy atom. The van der Waals surface area contributed by atoms with Gasteiger partial charge in [0, 0.05) is 11.5 Å². The van der Waals surface area contributed by atoms with Crippen LogP contribution in [0.3, 0.4) is 0 Å². The number of allylic oxidation sites excluding steroid dienone is 2. The van der Waals surface area contributed by atoms with Gasteiger partial charge in [-0.2, -0.15) is 0 Å². The van der Waals surface area contributed by atoms with Gasteiger partial charge in [-0.25, -0.2) is 4.39 Å². The maximum atomic E-state index is 14.4. The quantitative estimate of drug-likeness (QED) is 0.365. The Kier molecular flexibility index (Phi) is 7.01. The van der Waals surface area contributed by atoms with E-state index in [9.17, 15) is 14.3 Å². The summed E-state index contributed by atoms with van der Waals surface area (Å²) in [5, 5.41) is 9.25. The molecule has 3 aromatic rings. The van der Waals surface area contributed by atoms with Gasteiger partial charge in [0.25, 0.3) is 0 Å². The van der Waals surface area contributed by atoms with Crippen molar-refractivity contribution in [3.05, 3.63) is 94.8 Å². The smallest absolute Gasteiger partial charge is 0.304 e. The Hall–Kier alpha value is -3.60. The second-order valence-corrected chi connectivity index (χ2v) is 8.92. The van der Waals surface area contributed by atoms with Crippen molar-refractivity contribution < 1.29 is 23.8 Å². The minimum absolute atomic E-state index is 0.0532. The number of fused-ring (bicyclic) bond motifs is 1. The number of carboxylic acids is 1. The number of methoxy groups -OCH3 is 1. The van der Waals surface area contributed by atoms with E-state index in [0.717, 1.165) is 46.4 Å². The molecule has 0 amide bonds. The molecule has 1 aliphatic carbocycles. The molecule has 5 heteroatoms. The molecule has 34 heavy (non-hydrogen) atoms. The van der Waals surface area contributed by atoms with Crippen molar-refractivity contribution in [2.75, 3.05) is 7.11 Å². The summed E-state index contributed by atoms with van der Waals surface area (Å²) in [4.78, 5) is 11.3. The number of carbonyl (C=O) groups is 1. The van der Waals surface area contributed by atoms with Gasteiger partial charge in [-0.15, -0.1) is 0 Å². The Morgan fingerprint density at radius 1 is 1.09 bits per heavy atom. The van der Waals surface area contributed by atoms with E-state index >= 15 is 0 Å². The van der Waals surface area contributed by atoms with Crippen molar-refractivity contribution in [3.63, 3.8) is 0 Å². The van der Waals surface area contributed by atoms with Gasteiger partial charge in [0.1, 0.15) is 23.4 Å². The third-order valence-corrected chi connectivity index (χ3v) is 6.17. The van der Waals surface area contributed by atoms with Crippen LogP contribution >= 0.6 is 0 Å². The first-order chi connectivity index (χ1) is 16.3. The number of hydrogen-bond donors (Lipinski definition) is 1. The first-order valence-electron chi connectivity index (χ1n) is 11.4. The summed E-state index contributed by atoms with van der Waals surface area (Å²) in [6.45, 7) is 3.94. The first-order valence-corrected chi connectivity index (χ1v) is 11.4. The Balaban J connectivity index is 1.51. The van der Waals surface area contributed by atoms with Gasteiger partial charge in [0.2, 0.25) is 0 Å². The minimum atomic E-state index is -0.821. The van der Waals surface area contributed by atoms with Crippen LogP contribution in [0.1, 0.15) is 55.4 Å². The highest BCUT2D eigenvalue weighted by Crippen LogP contribution is 2.38. The molecule has 1 aliphatic rings. The van der Waals surface area contributed by atoms with Gasteiger partial charge in [0.05, 0.1) is 13.5 Å². The van der Waals surface area contributed by atoms with E-state index in [0.29, 0.717) is 11.3 Å². The lowest BCUT2D eigenvalue weighted by atomic mass is 9.94. The van der Waals surface area contributed by atoms with Gasteiger partial charge in [-0.05, 0) is 79.3 Å². The number of aryl methyl sites for hydroxylation is 1. The SMILES string of the molecule is COc1ccc(F)c(-c2ccc3c(c2)CCC3Oc2ccc([C@H](C=C(C)C)CC(=O)O)cc2)c1. The zero-order valence-electron chi connectivity index (χ0n) is 19.7. The van der Waals surface area contributed by atoms with E-state index < -0.39 is 5.97 Å². The molecular weight excluding hydrogens is 431 g/mol. The van der Waals surface area contributed by atoms with Gasteiger partial charge >= 0.3 is 5.97 Å². The lowest BCUT2D eigenvalue weighted by Gasteiger charge is -2.17. The van der Waals surface area contributed by atoms with E-state index in [1.165, 1.54) is 6.07 Å². The number of aliphatic carboxylic acids is 1. The minimum Gasteiger partial charge on any atom is -0.497 e. The van der Waals surface area contributed by atoms with Crippen LogP contribution in [-0.4, -0.2) is 18.2 Å². The van der Waals surface area contributed by atoms with E-state index in [1.54, 1.807) is 19.2 Å². The molecule has 1 N–H and O–H groups in total. The molecule has 0 fully saturated rings. The average molecular weight is 461 g/mol. The molecule has 0 radical (unpaired) electrons. The highest BCUT2D eigenvalue weighted by Gasteiger charge is 2.25. The maximum absolute atomic E-state index is 14.4. The molecule has 4 nitrogen and oxygen atoms in total. The predicted molar refractivity (Wildman–Crippen MR) is 131 cm³/mol. The fourth-order valence-electron chi connectivity index (χ4n) is 4.54. The zero-order chi connectivity index (χ0) is 24.2. The first kappa shape index (κ1) is 23.6. The molecular formula is C29H29FO4. The summed E-state index contributed by atoms with van der Waals surface area (Å²) >= 11 is 0. The maximum Gasteiger partial charge on any atom is 0.304 e. The Bertz CT molecular complexity index is 1210. The van der Waals surface area contributed by atoms with Gasteiger partial charge in [-0.3, -0.25) is 4.79 Å². The van der Waals surface area contributed by atoms with Gasteiger partial charge in [0.15, 0.2) is 0 Å².